The fourth-order valence-corrected chi connectivity index (χ4v) is 7.55. The van der Waals surface area contributed by atoms with Crippen LogP contribution in [0, 0.1) is 0 Å². The summed E-state index contributed by atoms with van der Waals surface area (Å²) in [7, 11) is 0. The predicted molar refractivity (Wildman–Crippen MR) is 229 cm³/mol. The van der Waals surface area contributed by atoms with E-state index in [1.807, 2.05) is 133 Å². The van der Waals surface area contributed by atoms with E-state index in [1.165, 1.54) is 12.1 Å². The molecule has 262 valence electrons. The highest BCUT2D eigenvalue weighted by Crippen LogP contribution is 2.41. The average molecular weight is 723 g/mol. The Kier molecular flexibility index (Phi) is 6.10. The molecule has 0 spiro atoms. The zero-order valence-electron chi connectivity index (χ0n) is 35.7. The molecule has 0 radical (unpaired) electrons. The molecule has 8 aromatic carbocycles. The summed E-state index contributed by atoms with van der Waals surface area (Å²) >= 11 is 0. The fraction of sp³-hybridized carbons (Fsp3) is 0. The number of rotatable bonds is 6. The van der Waals surface area contributed by atoms with E-state index in [1.54, 1.807) is 4.57 Å². The number of fused-ring (bicyclic) bond motifs is 6. The van der Waals surface area contributed by atoms with E-state index in [4.69, 9.17) is 27.6 Å². The smallest absolute Gasteiger partial charge is 0.164 e. The summed E-state index contributed by atoms with van der Waals surface area (Å²) in [5.41, 5.74) is 8.62. The van der Waals surface area contributed by atoms with Crippen molar-refractivity contribution in [3.05, 3.63) is 194 Å². The highest BCUT2D eigenvalue weighted by Gasteiger charge is 2.19. The van der Waals surface area contributed by atoms with E-state index in [-0.39, 0.29) is 47.0 Å². The first-order chi connectivity index (χ1) is 30.2. The van der Waals surface area contributed by atoms with Crippen LogP contribution in [0.3, 0.4) is 0 Å². The first-order valence-corrected chi connectivity index (χ1v) is 18.3. The molecule has 11 rings (SSSR count). The molecule has 5 heteroatoms. The van der Waals surface area contributed by atoms with Crippen LogP contribution < -0.4 is 0 Å². The van der Waals surface area contributed by atoms with Crippen molar-refractivity contribution in [2.24, 2.45) is 0 Å². The van der Waals surface area contributed by atoms with Crippen LogP contribution in [-0.2, 0) is 0 Å². The van der Waals surface area contributed by atoms with Crippen LogP contribution >= 0.6 is 0 Å². The van der Waals surface area contributed by atoms with Gasteiger partial charge in [0.1, 0.15) is 11.2 Å². The Bertz CT molecular complexity index is 3460. The molecule has 0 aliphatic rings. The van der Waals surface area contributed by atoms with E-state index < -0.39 is 0 Å². The number of hydrogen-bond acceptors (Lipinski definition) is 4. The van der Waals surface area contributed by atoms with Crippen molar-refractivity contribution in [1.82, 2.24) is 19.5 Å². The predicted octanol–water partition coefficient (Wildman–Crippen LogP) is 13.2. The largest absolute Gasteiger partial charge is 0.455 e. The summed E-state index contributed by atoms with van der Waals surface area (Å²) in [5, 5.41) is 2.06. The van der Waals surface area contributed by atoms with Crippen molar-refractivity contribution in [2.75, 3.05) is 0 Å². The molecule has 11 aromatic rings. The molecule has 56 heavy (non-hydrogen) atoms. The van der Waals surface area contributed by atoms with Gasteiger partial charge in [-0.15, -0.1) is 0 Å². The van der Waals surface area contributed by atoms with Crippen LogP contribution in [-0.4, -0.2) is 19.5 Å². The van der Waals surface area contributed by atoms with Crippen molar-refractivity contribution < 1.29 is 12.6 Å². The molecule has 0 atom stereocenters. The van der Waals surface area contributed by atoms with E-state index >= 15 is 0 Å². The van der Waals surface area contributed by atoms with Crippen LogP contribution in [0.4, 0.5) is 0 Å². The maximum Gasteiger partial charge on any atom is 0.164 e. The Balaban J connectivity index is 1.10. The third kappa shape index (κ3) is 5.37. The average Bonchev–Trinajstić information content (AvgIpc) is 3.88. The topological polar surface area (TPSA) is 56.7 Å². The first-order valence-electron chi connectivity index (χ1n) is 21.3. The monoisotopic (exact) mass is 722 g/mol. The summed E-state index contributed by atoms with van der Waals surface area (Å²) in [6, 6.07) is 49.7. The number of hydrogen-bond donors (Lipinski definition) is 0. The van der Waals surface area contributed by atoms with Gasteiger partial charge in [0.2, 0.25) is 0 Å². The number of para-hydroxylation sites is 2. The van der Waals surface area contributed by atoms with Gasteiger partial charge in [0.25, 0.3) is 0 Å². The number of benzene rings is 8. The lowest BCUT2D eigenvalue weighted by Crippen LogP contribution is -2.00. The molecule has 0 amide bonds. The van der Waals surface area contributed by atoms with Gasteiger partial charge in [-0.2, -0.15) is 0 Å². The highest BCUT2D eigenvalue weighted by molar-refractivity contribution is 6.13. The van der Waals surface area contributed by atoms with Crippen LogP contribution in [0.1, 0.15) is 8.22 Å². The SMILES string of the molecule is [2H]c1cc([2H])c2c(c1[2H])c1c([2H])c([2H])cc([2H])c1n2-c1cc(-c2ccccc2)c2oc3cc(-c4cccc(-c5nc(-c6ccccc6)nc(-c6ccccc6)n5)c4)ccc3c2c1. The van der Waals surface area contributed by atoms with Crippen molar-refractivity contribution in [1.29, 1.82) is 0 Å². The third-order valence-corrected chi connectivity index (χ3v) is 10.2. The lowest BCUT2D eigenvalue weighted by Gasteiger charge is -2.11. The molecule has 0 saturated carbocycles. The maximum atomic E-state index is 9.05. The number of nitrogens with zero attached hydrogens (tertiary/aromatic N) is 4. The van der Waals surface area contributed by atoms with Gasteiger partial charge < -0.3 is 8.98 Å². The van der Waals surface area contributed by atoms with E-state index in [9.17, 15) is 0 Å². The molecular formula is C51H32N4O. The van der Waals surface area contributed by atoms with Crippen LogP contribution in [0.5, 0.6) is 0 Å². The van der Waals surface area contributed by atoms with Gasteiger partial charge in [0, 0.05) is 49.5 Å². The Labute approximate surface area is 331 Å². The minimum absolute atomic E-state index is 0.0162. The molecule has 0 saturated heterocycles. The van der Waals surface area contributed by atoms with Crippen LogP contribution in [0.15, 0.2) is 198 Å². The lowest BCUT2D eigenvalue weighted by molar-refractivity contribution is 0.670. The molecule has 0 bridgehead atoms. The molecule has 0 aliphatic heterocycles. The number of aromatic nitrogens is 4. The fourth-order valence-electron chi connectivity index (χ4n) is 7.55. The first kappa shape index (κ1) is 26.2. The zero-order chi connectivity index (χ0) is 42.2. The lowest BCUT2D eigenvalue weighted by atomic mass is 9.99. The molecule has 0 unspecified atom stereocenters. The molecule has 3 heterocycles. The zero-order valence-corrected chi connectivity index (χ0v) is 29.7. The van der Waals surface area contributed by atoms with Crippen molar-refractivity contribution >= 4 is 43.7 Å². The Morgan fingerprint density at radius 2 is 0.946 bits per heavy atom. The normalized spacial score (nSPS) is 13.1. The Morgan fingerprint density at radius 3 is 1.57 bits per heavy atom. The summed E-state index contributed by atoms with van der Waals surface area (Å²) in [4.78, 5) is 14.7. The molecular weight excluding hydrogens is 685 g/mol. The standard InChI is InChI=1S/C51H32N4O/c1-4-15-33(16-5-1)43-31-39(55-45-25-12-10-23-40(45)41-24-11-13-26-46(41)55)32-44-42-28-27-37(30-47(42)56-48(43)44)36-21-14-22-38(29-36)51-53-49(34-17-6-2-7-18-34)52-50(54-51)35-19-8-3-9-20-35/h1-32H/i10D,11D,23D,24D,25D,26D. The minimum atomic E-state index is -0.160. The van der Waals surface area contributed by atoms with E-state index in [0.717, 1.165) is 49.7 Å². The van der Waals surface area contributed by atoms with Crippen molar-refractivity contribution in [2.45, 2.75) is 0 Å². The van der Waals surface area contributed by atoms with Gasteiger partial charge in [-0.25, -0.2) is 15.0 Å². The van der Waals surface area contributed by atoms with Gasteiger partial charge in [-0.05, 0) is 59.1 Å². The molecule has 3 aromatic heterocycles. The second-order valence-electron chi connectivity index (χ2n) is 13.6. The second kappa shape index (κ2) is 13.0. The maximum absolute atomic E-state index is 9.05. The number of furan rings is 1. The molecule has 5 nitrogen and oxygen atoms in total. The van der Waals surface area contributed by atoms with Gasteiger partial charge >= 0.3 is 0 Å². The van der Waals surface area contributed by atoms with Crippen molar-refractivity contribution in [3.63, 3.8) is 0 Å². The molecule has 0 N–H and O–H groups in total. The third-order valence-electron chi connectivity index (χ3n) is 10.2. The summed E-state index contributed by atoms with van der Waals surface area (Å²) in [6.45, 7) is 0. The van der Waals surface area contributed by atoms with Gasteiger partial charge in [0.05, 0.1) is 19.3 Å². The van der Waals surface area contributed by atoms with Crippen LogP contribution in [0.2, 0.25) is 0 Å². The summed E-state index contributed by atoms with van der Waals surface area (Å²) < 4.78 is 61.3. The highest BCUT2D eigenvalue weighted by atomic mass is 16.3. The van der Waals surface area contributed by atoms with Crippen LogP contribution in [0.25, 0.3) is 106 Å². The molecule has 0 aliphatic carbocycles. The Morgan fingerprint density at radius 1 is 0.411 bits per heavy atom. The van der Waals surface area contributed by atoms with Crippen molar-refractivity contribution in [3.8, 4) is 62.1 Å². The van der Waals surface area contributed by atoms with E-state index in [2.05, 4.69) is 12.1 Å². The van der Waals surface area contributed by atoms with Gasteiger partial charge in [-0.3, -0.25) is 0 Å². The quantitative estimate of drug-likeness (QED) is 0.171. The minimum Gasteiger partial charge on any atom is -0.455 e. The van der Waals surface area contributed by atoms with Gasteiger partial charge in [-0.1, -0.05) is 152 Å². The molecule has 0 fully saturated rings. The van der Waals surface area contributed by atoms with Gasteiger partial charge in [0.15, 0.2) is 17.5 Å². The summed E-state index contributed by atoms with van der Waals surface area (Å²) in [6.07, 6.45) is 0. The van der Waals surface area contributed by atoms with E-state index in [0.29, 0.717) is 45.4 Å². The Hall–Kier alpha value is -7.63. The summed E-state index contributed by atoms with van der Waals surface area (Å²) in [5.74, 6) is 1.71. The second-order valence-corrected chi connectivity index (χ2v) is 13.6.